The van der Waals surface area contributed by atoms with Gasteiger partial charge in [-0.1, -0.05) is 6.07 Å². The highest BCUT2D eigenvalue weighted by molar-refractivity contribution is 9.13. The van der Waals surface area contributed by atoms with Crippen LogP contribution in [0.4, 0.5) is 0 Å². The van der Waals surface area contributed by atoms with Gasteiger partial charge in [0.15, 0.2) is 0 Å². The summed E-state index contributed by atoms with van der Waals surface area (Å²) in [5, 5.41) is 3.34. The molecule has 1 heterocycles. The molecule has 96 valence electrons. The molecule has 1 aromatic carbocycles. The van der Waals surface area contributed by atoms with Crippen molar-refractivity contribution in [1.29, 1.82) is 0 Å². The lowest BCUT2D eigenvalue weighted by atomic mass is 10.2. The zero-order valence-electron chi connectivity index (χ0n) is 9.75. The topological polar surface area (TPSA) is 15.3 Å². The molecule has 0 spiro atoms. The minimum absolute atomic E-state index is 0. The number of hydrogen-bond acceptors (Lipinski definition) is 2. The fourth-order valence-electron chi connectivity index (χ4n) is 2.11. The van der Waals surface area contributed by atoms with Gasteiger partial charge in [0.25, 0.3) is 0 Å². The molecular formula is C12H17Br2ClN2. The van der Waals surface area contributed by atoms with Crippen molar-refractivity contribution < 1.29 is 0 Å². The van der Waals surface area contributed by atoms with Gasteiger partial charge in [-0.15, -0.1) is 12.4 Å². The van der Waals surface area contributed by atoms with E-state index in [0.717, 1.165) is 22.0 Å². The van der Waals surface area contributed by atoms with Crippen molar-refractivity contribution in [2.75, 3.05) is 20.1 Å². The van der Waals surface area contributed by atoms with Crippen LogP contribution in [0.1, 0.15) is 12.0 Å². The third-order valence-corrected chi connectivity index (χ3v) is 4.95. The summed E-state index contributed by atoms with van der Waals surface area (Å²) in [6.07, 6.45) is 1.26. The summed E-state index contributed by atoms with van der Waals surface area (Å²) < 4.78 is 2.25. The van der Waals surface area contributed by atoms with E-state index in [1.807, 2.05) is 7.05 Å². The lowest BCUT2D eigenvalue weighted by molar-refractivity contribution is 0.322. The van der Waals surface area contributed by atoms with Gasteiger partial charge in [0.2, 0.25) is 0 Å². The second kappa shape index (κ2) is 7.10. The fourth-order valence-corrected chi connectivity index (χ4v) is 2.78. The summed E-state index contributed by atoms with van der Waals surface area (Å²) in [6, 6.07) is 7.14. The smallest absolute Gasteiger partial charge is 0.0320 e. The average molecular weight is 385 g/mol. The first kappa shape index (κ1) is 15.4. The monoisotopic (exact) mass is 382 g/mol. The zero-order chi connectivity index (χ0) is 11.5. The molecule has 1 unspecified atom stereocenters. The van der Waals surface area contributed by atoms with E-state index < -0.39 is 0 Å². The third kappa shape index (κ3) is 4.21. The predicted octanol–water partition coefficient (Wildman–Crippen LogP) is 3.43. The van der Waals surface area contributed by atoms with Crippen molar-refractivity contribution in [3.63, 3.8) is 0 Å². The molecule has 5 heteroatoms. The molecule has 0 amide bonds. The Morgan fingerprint density at radius 1 is 1.35 bits per heavy atom. The Hall–Kier alpha value is 0.390. The van der Waals surface area contributed by atoms with Crippen molar-refractivity contribution in [2.24, 2.45) is 0 Å². The van der Waals surface area contributed by atoms with Crippen molar-refractivity contribution in [3.05, 3.63) is 32.7 Å². The van der Waals surface area contributed by atoms with E-state index in [4.69, 9.17) is 0 Å². The SMILES string of the molecule is CNC1CCN(Cc2ccc(Br)c(Br)c2)C1.Cl. The summed E-state index contributed by atoms with van der Waals surface area (Å²) in [6.45, 7) is 3.40. The minimum Gasteiger partial charge on any atom is -0.316 e. The Balaban J connectivity index is 0.00000144. The van der Waals surface area contributed by atoms with Gasteiger partial charge in [-0.25, -0.2) is 0 Å². The number of hydrogen-bond donors (Lipinski definition) is 1. The van der Waals surface area contributed by atoms with Crippen LogP contribution in [0.25, 0.3) is 0 Å². The van der Waals surface area contributed by atoms with Crippen LogP contribution in [0.3, 0.4) is 0 Å². The average Bonchev–Trinajstić information content (AvgIpc) is 2.71. The largest absolute Gasteiger partial charge is 0.316 e. The lowest BCUT2D eigenvalue weighted by Gasteiger charge is -2.16. The Morgan fingerprint density at radius 3 is 2.71 bits per heavy atom. The van der Waals surface area contributed by atoms with E-state index in [1.165, 1.54) is 18.5 Å². The van der Waals surface area contributed by atoms with Gasteiger partial charge >= 0.3 is 0 Å². The van der Waals surface area contributed by atoms with E-state index in [1.54, 1.807) is 0 Å². The molecule has 2 nitrogen and oxygen atoms in total. The number of nitrogens with zero attached hydrogens (tertiary/aromatic N) is 1. The number of halogens is 3. The maximum Gasteiger partial charge on any atom is 0.0320 e. The van der Waals surface area contributed by atoms with Crippen LogP contribution in [0, 0.1) is 0 Å². The Labute approximate surface area is 126 Å². The Kier molecular flexibility index (Phi) is 6.45. The summed E-state index contributed by atoms with van der Waals surface area (Å²) in [5.74, 6) is 0. The fraction of sp³-hybridized carbons (Fsp3) is 0.500. The third-order valence-electron chi connectivity index (χ3n) is 3.07. The van der Waals surface area contributed by atoms with Crippen molar-refractivity contribution in [2.45, 2.75) is 19.0 Å². The van der Waals surface area contributed by atoms with Gasteiger partial charge in [0.1, 0.15) is 0 Å². The molecule has 17 heavy (non-hydrogen) atoms. The highest BCUT2D eigenvalue weighted by atomic mass is 79.9. The van der Waals surface area contributed by atoms with Crippen LogP contribution in [0.2, 0.25) is 0 Å². The standard InChI is InChI=1S/C12H16Br2N2.ClH/c1-15-10-4-5-16(8-10)7-9-2-3-11(13)12(14)6-9;/h2-3,6,10,15H,4-5,7-8H2,1H3;1H. The highest BCUT2D eigenvalue weighted by Crippen LogP contribution is 2.25. The van der Waals surface area contributed by atoms with Crippen LogP contribution in [0.5, 0.6) is 0 Å². The summed E-state index contributed by atoms with van der Waals surface area (Å²) in [4.78, 5) is 2.50. The van der Waals surface area contributed by atoms with Gasteiger partial charge in [-0.05, 0) is 63.0 Å². The first-order valence-corrected chi connectivity index (χ1v) is 7.11. The van der Waals surface area contributed by atoms with E-state index in [-0.39, 0.29) is 12.4 Å². The van der Waals surface area contributed by atoms with Gasteiger partial charge < -0.3 is 5.32 Å². The van der Waals surface area contributed by atoms with Gasteiger partial charge in [0, 0.05) is 34.6 Å². The minimum atomic E-state index is 0. The first-order chi connectivity index (χ1) is 7.69. The van der Waals surface area contributed by atoms with Crippen LogP contribution in [-0.4, -0.2) is 31.1 Å². The molecule has 1 aromatic rings. The molecule has 1 saturated heterocycles. The van der Waals surface area contributed by atoms with Crippen molar-refractivity contribution in [1.82, 2.24) is 10.2 Å². The van der Waals surface area contributed by atoms with Crippen molar-refractivity contribution >= 4 is 44.3 Å². The molecule has 0 bridgehead atoms. The van der Waals surface area contributed by atoms with Gasteiger partial charge in [-0.2, -0.15) is 0 Å². The second-order valence-corrected chi connectivity index (χ2v) is 5.97. The molecular weight excluding hydrogens is 367 g/mol. The van der Waals surface area contributed by atoms with E-state index in [2.05, 4.69) is 60.3 Å². The number of rotatable bonds is 3. The second-order valence-electron chi connectivity index (χ2n) is 4.26. The van der Waals surface area contributed by atoms with E-state index >= 15 is 0 Å². The summed E-state index contributed by atoms with van der Waals surface area (Å²) in [5.41, 5.74) is 1.37. The van der Waals surface area contributed by atoms with Crippen molar-refractivity contribution in [3.8, 4) is 0 Å². The predicted molar refractivity (Wildman–Crippen MR) is 81.8 cm³/mol. The van der Waals surface area contributed by atoms with Crippen LogP contribution < -0.4 is 5.32 Å². The first-order valence-electron chi connectivity index (χ1n) is 5.52. The molecule has 2 rings (SSSR count). The molecule has 0 radical (unpaired) electrons. The molecule has 1 atom stereocenters. The molecule has 1 fully saturated rings. The van der Waals surface area contributed by atoms with Gasteiger partial charge in [0.05, 0.1) is 0 Å². The maximum absolute atomic E-state index is 3.54. The van der Waals surface area contributed by atoms with E-state index in [0.29, 0.717) is 6.04 Å². The summed E-state index contributed by atoms with van der Waals surface area (Å²) in [7, 11) is 2.05. The zero-order valence-corrected chi connectivity index (χ0v) is 13.7. The molecule has 0 aromatic heterocycles. The number of benzene rings is 1. The number of nitrogens with one attached hydrogen (secondary N) is 1. The lowest BCUT2D eigenvalue weighted by Crippen LogP contribution is -2.29. The highest BCUT2D eigenvalue weighted by Gasteiger charge is 2.20. The Bertz CT molecular complexity index is 374. The molecule has 1 N–H and O–H groups in total. The quantitative estimate of drug-likeness (QED) is 0.859. The Morgan fingerprint density at radius 2 is 2.12 bits per heavy atom. The molecule has 1 aliphatic rings. The van der Waals surface area contributed by atoms with Gasteiger partial charge in [-0.3, -0.25) is 4.90 Å². The molecule has 0 aliphatic carbocycles. The van der Waals surface area contributed by atoms with Crippen LogP contribution in [0.15, 0.2) is 27.1 Å². The normalized spacial score (nSPS) is 20.3. The van der Waals surface area contributed by atoms with Crippen LogP contribution in [-0.2, 0) is 6.54 Å². The molecule has 0 saturated carbocycles. The molecule has 1 aliphatic heterocycles. The number of likely N-dealkylation sites (tertiary alicyclic amines) is 1. The van der Waals surface area contributed by atoms with E-state index in [9.17, 15) is 0 Å². The number of likely N-dealkylation sites (N-methyl/N-ethyl adjacent to an activating group) is 1. The summed E-state index contributed by atoms with van der Waals surface area (Å²) >= 11 is 7.04. The maximum atomic E-state index is 3.54. The van der Waals surface area contributed by atoms with Crippen LogP contribution >= 0.6 is 44.3 Å².